The van der Waals surface area contributed by atoms with Crippen molar-refractivity contribution >= 4 is 16.8 Å². The predicted molar refractivity (Wildman–Crippen MR) is 77.4 cm³/mol. The molecule has 112 valence electrons. The molecule has 1 atom stereocenters. The molecule has 0 radical (unpaired) electrons. The number of nitrogens with two attached hydrogens (primary N) is 1. The lowest BCUT2D eigenvalue weighted by atomic mass is 9.95. The normalized spacial score (nSPS) is 12.5. The highest BCUT2D eigenvalue weighted by Crippen LogP contribution is 2.20. The number of halogens is 1. The molecule has 0 saturated heterocycles. The van der Waals surface area contributed by atoms with Crippen molar-refractivity contribution in [1.29, 1.82) is 0 Å². The molecule has 0 aliphatic carbocycles. The SMILES string of the molecule is CCC(C(N)=O)c1cn(COC)c2ccc(F)cc2c1=O. The van der Waals surface area contributed by atoms with E-state index in [0.29, 0.717) is 11.9 Å². The van der Waals surface area contributed by atoms with Crippen LogP contribution in [0.4, 0.5) is 4.39 Å². The summed E-state index contributed by atoms with van der Waals surface area (Å²) in [4.78, 5) is 24.0. The summed E-state index contributed by atoms with van der Waals surface area (Å²) in [5.74, 6) is -1.78. The van der Waals surface area contributed by atoms with Crippen molar-refractivity contribution in [1.82, 2.24) is 4.57 Å². The molecule has 21 heavy (non-hydrogen) atoms. The molecule has 0 bridgehead atoms. The van der Waals surface area contributed by atoms with Crippen molar-refractivity contribution in [3.63, 3.8) is 0 Å². The molecular weight excluding hydrogens is 275 g/mol. The monoisotopic (exact) mass is 292 g/mol. The van der Waals surface area contributed by atoms with Gasteiger partial charge in [-0.15, -0.1) is 0 Å². The summed E-state index contributed by atoms with van der Waals surface area (Å²) < 4.78 is 20.2. The van der Waals surface area contributed by atoms with Crippen LogP contribution >= 0.6 is 0 Å². The van der Waals surface area contributed by atoms with Gasteiger partial charge in [-0.3, -0.25) is 9.59 Å². The summed E-state index contributed by atoms with van der Waals surface area (Å²) in [5, 5.41) is 0.212. The number of ether oxygens (including phenoxy) is 1. The van der Waals surface area contributed by atoms with Crippen molar-refractivity contribution in [2.75, 3.05) is 7.11 Å². The molecule has 0 saturated carbocycles. The van der Waals surface area contributed by atoms with Crippen molar-refractivity contribution < 1.29 is 13.9 Å². The summed E-state index contributed by atoms with van der Waals surface area (Å²) >= 11 is 0. The fourth-order valence-corrected chi connectivity index (χ4v) is 2.46. The van der Waals surface area contributed by atoms with E-state index in [1.54, 1.807) is 17.7 Å². The molecule has 2 aromatic rings. The van der Waals surface area contributed by atoms with Crippen molar-refractivity contribution in [3.8, 4) is 0 Å². The molecule has 1 amide bonds. The van der Waals surface area contributed by atoms with Gasteiger partial charge in [0, 0.05) is 24.3 Å². The molecule has 1 aromatic heterocycles. The minimum absolute atomic E-state index is 0.185. The summed E-state index contributed by atoms with van der Waals surface area (Å²) in [5.41, 5.74) is 5.79. The second kappa shape index (κ2) is 6.05. The van der Waals surface area contributed by atoms with E-state index in [0.717, 1.165) is 0 Å². The topological polar surface area (TPSA) is 74.3 Å². The number of amides is 1. The summed E-state index contributed by atoms with van der Waals surface area (Å²) in [7, 11) is 1.51. The van der Waals surface area contributed by atoms with Crippen LogP contribution in [0.25, 0.3) is 10.9 Å². The van der Waals surface area contributed by atoms with E-state index in [4.69, 9.17) is 10.5 Å². The van der Waals surface area contributed by atoms with Gasteiger partial charge in [0.25, 0.3) is 0 Å². The van der Waals surface area contributed by atoms with Gasteiger partial charge in [-0.2, -0.15) is 0 Å². The molecule has 2 rings (SSSR count). The van der Waals surface area contributed by atoms with Crippen LogP contribution in [0.15, 0.2) is 29.2 Å². The largest absolute Gasteiger partial charge is 0.369 e. The van der Waals surface area contributed by atoms with E-state index in [9.17, 15) is 14.0 Å². The third-order valence-electron chi connectivity index (χ3n) is 3.47. The number of primary amides is 1. The Bertz CT molecular complexity index is 740. The van der Waals surface area contributed by atoms with Crippen LogP contribution in [0.3, 0.4) is 0 Å². The second-order valence-corrected chi connectivity index (χ2v) is 4.83. The average Bonchev–Trinajstić information content (AvgIpc) is 2.44. The lowest BCUT2D eigenvalue weighted by molar-refractivity contribution is -0.119. The molecule has 2 N–H and O–H groups in total. The summed E-state index contributed by atoms with van der Waals surface area (Å²) in [6, 6.07) is 3.96. The lowest BCUT2D eigenvalue weighted by Crippen LogP contribution is -2.27. The number of carbonyl (C=O) groups excluding carboxylic acids is 1. The Labute approximate surface area is 121 Å². The Kier molecular flexibility index (Phi) is 4.37. The number of hydrogen-bond acceptors (Lipinski definition) is 3. The van der Waals surface area contributed by atoms with Crippen molar-refractivity contribution in [2.24, 2.45) is 5.73 Å². The molecule has 0 fully saturated rings. The van der Waals surface area contributed by atoms with Crippen LogP contribution in [-0.4, -0.2) is 17.6 Å². The van der Waals surface area contributed by atoms with Crippen LogP contribution in [0, 0.1) is 5.82 Å². The first-order chi connectivity index (χ1) is 9.99. The number of nitrogens with zero attached hydrogens (tertiary/aromatic N) is 1. The molecule has 1 heterocycles. The van der Waals surface area contributed by atoms with Crippen LogP contribution in [0.2, 0.25) is 0 Å². The van der Waals surface area contributed by atoms with E-state index in [2.05, 4.69) is 0 Å². The van der Waals surface area contributed by atoms with E-state index >= 15 is 0 Å². The molecule has 5 nitrogen and oxygen atoms in total. The quantitative estimate of drug-likeness (QED) is 0.912. The number of methoxy groups -OCH3 is 1. The van der Waals surface area contributed by atoms with E-state index in [1.165, 1.54) is 25.3 Å². The van der Waals surface area contributed by atoms with Gasteiger partial charge in [0.1, 0.15) is 12.5 Å². The molecular formula is C15H17FN2O3. The van der Waals surface area contributed by atoms with Crippen LogP contribution in [0.1, 0.15) is 24.8 Å². The third kappa shape index (κ3) is 2.80. The Morgan fingerprint density at radius 2 is 2.19 bits per heavy atom. The molecule has 0 aliphatic heterocycles. The number of benzene rings is 1. The number of fused-ring (bicyclic) bond motifs is 1. The van der Waals surface area contributed by atoms with Gasteiger partial charge in [-0.25, -0.2) is 4.39 Å². The molecule has 1 unspecified atom stereocenters. The first-order valence-corrected chi connectivity index (χ1v) is 6.60. The zero-order valence-corrected chi connectivity index (χ0v) is 11.9. The zero-order valence-electron chi connectivity index (χ0n) is 11.9. The maximum absolute atomic E-state index is 13.4. The number of aromatic nitrogens is 1. The second-order valence-electron chi connectivity index (χ2n) is 4.83. The summed E-state index contributed by atoms with van der Waals surface area (Å²) in [6.45, 7) is 1.95. The molecule has 6 heteroatoms. The Hall–Kier alpha value is -2.21. The van der Waals surface area contributed by atoms with Crippen molar-refractivity contribution in [2.45, 2.75) is 26.0 Å². The van der Waals surface area contributed by atoms with Gasteiger partial charge in [0.15, 0.2) is 5.43 Å². The van der Waals surface area contributed by atoms with Gasteiger partial charge in [0.05, 0.1) is 11.4 Å². The van der Waals surface area contributed by atoms with Crippen LogP contribution in [-0.2, 0) is 16.3 Å². The van der Waals surface area contributed by atoms with Crippen LogP contribution in [0.5, 0.6) is 0 Å². The fourth-order valence-electron chi connectivity index (χ4n) is 2.46. The Morgan fingerprint density at radius 1 is 1.48 bits per heavy atom. The van der Waals surface area contributed by atoms with E-state index < -0.39 is 17.6 Å². The van der Waals surface area contributed by atoms with Gasteiger partial charge in [-0.05, 0) is 24.6 Å². The molecule has 0 spiro atoms. The minimum Gasteiger partial charge on any atom is -0.369 e. The zero-order chi connectivity index (χ0) is 15.6. The smallest absolute Gasteiger partial charge is 0.225 e. The Morgan fingerprint density at radius 3 is 2.76 bits per heavy atom. The molecule has 0 aliphatic rings. The van der Waals surface area contributed by atoms with Crippen LogP contribution < -0.4 is 11.2 Å². The van der Waals surface area contributed by atoms with E-state index in [-0.39, 0.29) is 23.1 Å². The lowest BCUT2D eigenvalue weighted by Gasteiger charge is -2.16. The first kappa shape index (κ1) is 15.2. The summed E-state index contributed by atoms with van der Waals surface area (Å²) in [6.07, 6.45) is 1.96. The maximum Gasteiger partial charge on any atom is 0.225 e. The third-order valence-corrected chi connectivity index (χ3v) is 3.47. The number of carbonyl (C=O) groups is 1. The van der Waals surface area contributed by atoms with Crippen molar-refractivity contribution in [3.05, 3.63) is 46.0 Å². The van der Waals surface area contributed by atoms with E-state index in [1.807, 2.05) is 0 Å². The Balaban J connectivity index is 2.80. The number of hydrogen-bond donors (Lipinski definition) is 1. The van der Waals surface area contributed by atoms with Gasteiger partial charge in [0.2, 0.25) is 5.91 Å². The van der Waals surface area contributed by atoms with Gasteiger partial charge < -0.3 is 15.0 Å². The molecule has 1 aromatic carbocycles. The fraction of sp³-hybridized carbons (Fsp3) is 0.333. The number of pyridine rings is 1. The van der Waals surface area contributed by atoms with Gasteiger partial charge in [-0.1, -0.05) is 6.92 Å². The van der Waals surface area contributed by atoms with Gasteiger partial charge >= 0.3 is 0 Å². The predicted octanol–water partition coefficient (Wildman–Crippen LogP) is 1.72. The number of rotatable bonds is 5. The minimum atomic E-state index is -0.701. The average molecular weight is 292 g/mol. The standard InChI is InChI=1S/C15H17FN2O3/c1-3-10(15(17)20)12-7-18(8-21-2)13-5-4-9(16)6-11(13)14(12)19/h4-7,10H,3,8H2,1-2H3,(H2,17,20). The highest BCUT2D eigenvalue weighted by Gasteiger charge is 2.21. The highest BCUT2D eigenvalue weighted by atomic mass is 19.1. The maximum atomic E-state index is 13.4. The first-order valence-electron chi connectivity index (χ1n) is 6.60. The highest BCUT2D eigenvalue weighted by molar-refractivity contribution is 5.85.